The smallest absolute Gasteiger partial charge is 0.177 e. The Hall–Kier alpha value is -0.880. The van der Waals surface area contributed by atoms with Crippen molar-refractivity contribution in [1.29, 1.82) is 0 Å². The van der Waals surface area contributed by atoms with Gasteiger partial charge in [0.1, 0.15) is 17.4 Å². The Labute approximate surface area is 140 Å². The fourth-order valence-electron chi connectivity index (χ4n) is 2.42. The highest BCUT2D eigenvalue weighted by Crippen LogP contribution is 2.14. The zero-order chi connectivity index (χ0) is 16.0. The molecule has 0 amide bonds. The molecule has 1 unspecified atom stereocenters. The number of aliphatic hydroxyl groups is 1. The number of aromatic nitrogens is 1. The van der Waals surface area contributed by atoms with Crippen LogP contribution in [-0.2, 0) is 4.84 Å². The molecule has 5 nitrogen and oxygen atoms in total. The first kappa shape index (κ1) is 17.5. The quantitative estimate of drug-likeness (QED) is 0.489. The molecule has 7 heteroatoms. The molecule has 0 aromatic carbocycles. The first-order chi connectivity index (χ1) is 10.5. The lowest BCUT2D eigenvalue weighted by Crippen LogP contribution is -2.45. The van der Waals surface area contributed by atoms with E-state index in [0.717, 1.165) is 13.1 Å². The van der Waals surface area contributed by atoms with Gasteiger partial charge in [-0.1, -0.05) is 34.8 Å². The van der Waals surface area contributed by atoms with Crippen molar-refractivity contribution in [2.75, 3.05) is 26.2 Å². The summed E-state index contributed by atoms with van der Waals surface area (Å²) in [5.74, 6) is 0. The number of rotatable bonds is 6. The monoisotopic (exact) mass is 345 g/mol. The van der Waals surface area contributed by atoms with Crippen LogP contribution in [0, 0.1) is 0 Å². The third-order valence-electron chi connectivity index (χ3n) is 3.50. The van der Waals surface area contributed by atoms with Crippen molar-refractivity contribution in [3.63, 3.8) is 0 Å². The first-order valence-corrected chi connectivity index (χ1v) is 8.14. The summed E-state index contributed by atoms with van der Waals surface area (Å²) >= 11 is 11.7. The van der Waals surface area contributed by atoms with E-state index in [-0.39, 0.29) is 11.8 Å². The molecule has 122 valence electrons. The van der Waals surface area contributed by atoms with Gasteiger partial charge in [-0.15, -0.1) is 0 Å². The number of hydrogen-bond donors (Lipinski definition) is 1. The lowest BCUT2D eigenvalue weighted by Gasteiger charge is -2.33. The average molecular weight is 346 g/mol. The van der Waals surface area contributed by atoms with Crippen LogP contribution in [-0.4, -0.2) is 52.0 Å². The second-order valence-electron chi connectivity index (χ2n) is 5.86. The highest BCUT2D eigenvalue weighted by atomic mass is 35.5. The van der Waals surface area contributed by atoms with Crippen LogP contribution < -0.4 is 0 Å². The van der Waals surface area contributed by atoms with E-state index in [4.69, 9.17) is 28.0 Å². The molecule has 22 heavy (non-hydrogen) atoms. The maximum absolute atomic E-state index is 10.4. The second kappa shape index (κ2) is 8.11. The standard InChI is InChI=1S/C15H21Cl2N3O2/c1-15(21,10-20-7-3-2-4-8-20)11-22-19-14(17)12-5-6-13(16)18-9-12/h5-6,9,21H,2-4,7-8,10-11H2,1H3/b19-14-. The first-order valence-electron chi connectivity index (χ1n) is 7.38. The predicted molar refractivity (Wildman–Crippen MR) is 88.5 cm³/mol. The van der Waals surface area contributed by atoms with Gasteiger partial charge in [0.2, 0.25) is 0 Å². The Balaban J connectivity index is 1.82. The Morgan fingerprint density at radius 1 is 1.41 bits per heavy atom. The van der Waals surface area contributed by atoms with Crippen LogP contribution in [0.25, 0.3) is 0 Å². The van der Waals surface area contributed by atoms with E-state index in [1.165, 1.54) is 25.5 Å². The molecular weight excluding hydrogens is 325 g/mol. The van der Waals surface area contributed by atoms with Gasteiger partial charge in [-0.3, -0.25) is 0 Å². The van der Waals surface area contributed by atoms with Crippen molar-refractivity contribution in [2.45, 2.75) is 31.8 Å². The molecule has 0 radical (unpaired) electrons. The van der Waals surface area contributed by atoms with Gasteiger partial charge in [0.05, 0.1) is 0 Å². The molecular formula is C15H21Cl2N3O2. The summed E-state index contributed by atoms with van der Waals surface area (Å²) in [6.07, 6.45) is 5.16. The van der Waals surface area contributed by atoms with Crippen LogP contribution in [0.4, 0.5) is 0 Å². The maximum Gasteiger partial charge on any atom is 0.177 e. The van der Waals surface area contributed by atoms with Gasteiger partial charge in [-0.2, -0.15) is 0 Å². The summed E-state index contributed by atoms with van der Waals surface area (Å²) in [6.45, 7) is 4.45. The minimum Gasteiger partial charge on any atom is -0.391 e. The lowest BCUT2D eigenvalue weighted by molar-refractivity contribution is -0.0541. The van der Waals surface area contributed by atoms with E-state index in [2.05, 4.69) is 15.0 Å². The Bertz CT molecular complexity index is 500. The normalized spacial score (nSPS) is 19.7. The molecule has 1 aromatic heterocycles. The number of hydrogen-bond acceptors (Lipinski definition) is 5. The molecule has 1 N–H and O–H groups in total. The minimum absolute atomic E-state index is 0.0841. The Kier molecular flexibility index (Phi) is 6.44. The summed E-state index contributed by atoms with van der Waals surface area (Å²) in [4.78, 5) is 11.4. The molecule has 1 fully saturated rings. The van der Waals surface area contributed by atoms with E-state index in [0.29, 0.717) is 17.3 Å². The zero-order valence-electron chi connectivity index (χ0n) is 12.6. The fourth-order valence-corrected chi connectivity index (χ4v) is 2.70. The van der Waals surface area contributed by atoms with Gasteiger partial charge in [-0.25, -0.2) is 4.98 Å². The van der Waals surface area contributed by atoms with Crippen LogP contribution >= 0.6 is 23.2 Å². The Morgan fingerprint density at radius 2 is 2.14 bits per heavy atom. The third kappa shape index (κ3) is 5.72. The molecule has 0 saturated carbocycles. The lowest BCUT2D eigenvalue weighted by atomic mass is 10.1. The molecule has 0 aliphatic carbocycles. The minimum atomic E-state index is -0.962. The SMILES string of the molecule is CC(O)(CO/N=C(\Cl)c1ccc(Cl)nc1)CN1CCCCC1. The molecule has 1 atom stereocenters. The van der Waals surface area contributed by atoms with Gasteiger partial charge in [0.15, 0.2) is 5.17 Å². The zero-order valence-corrected chi connectivity index (χ0v) is 14.1. The molecule has 2 heterocycles. The van der Waals surface area contributed by atoms with E-state index in [1.54, 1.807) is 19.1 Å². The van der Waals surface area contributed by atoms with Crippen LogP contribution in [0.15, 0.2) is 23.5 Å². The molecule has 0 spiro atoms. The number of halogens is 2. The maximum atomic E-state index is 10.4. The van der Waals surface area contributed by atoms with Crippen LogP contribution in [0.3, 0.4) is 0 Å². The number of nitrogens with zero attached hydrogens (tertiary/aromatic N) is 3. The van der Waals surface area contributed by atoms with E-state index in [1.807, 2.05) is 0 Å². The molecule has 1 saturated heterocycles. The van der Waals surface area contributed by atoms with Crippen molar-refractivity contribution in [3.05, 3.63) is 29.0 Å². The molecule has 1 aliphatic heterocycles. The topological polar surface area (TPSA) is 58.0 Å². The molecule has 1 aromatic rings. The predicted octanol–water partition coefficient (Wildman–Crippen LogP) is 2.89. The summed E-state index contributed by atoms with van der Waals surface area (Å²) < 4.78 is 0. The van der Waals surface area contributed by atoms with E-state index < -0.39 is 5.60 Å². The Morgan fingerprint density at radius 3 is 2.77 bits per heavy atom. The van der Waals surface area contributed by atoms with Crippen molar-refractivity contribution in [1.82, 2.24) is 9.88 Å². The van der Waals surface area contributed by atoms with Gasteiger partial charge in [0, 0.05) is 18.3 Å². The number of pyridine rings is 1. The number of piperidine rings is 1. The van der Waals surface area contributed by atoms with Gasteiger partial charge in [-0.05, 0) is 45.0 Å². The summed E-state index contributed by atoms with van der Waals surface area (Å²) in [7, 11) is 0. The van der Waals surface area contributed by atoms with E-state index in [9.17, 15) is 5.11 Å². The van der Waals surface area contributed by atoms with Crippen molar-refractivity contribution >= 4 is 28.4 Å². The van der Waals surface area contributed by atoms with Gasteiger partial charge >= 0.3 is 0 Å². The summed E-state index contributed by atoms with van der Waals surface area (Å²) in [5, 5.41) is 14.8. The summed E-state index contributed by atoms with van der Waals surface area (Å²) in [6, 6.07) is 3.33. The molecule has 0 bridgehead atoms. The van der Waals surface area contributed by atoms with Gasteiger partial charge in [0.25, 0.3) is 0 Å². The number of oxime groups is 1. The van der Waals surface area contributed by atoms with Crippen molar-refractivity contribution in [2.24, 2.45) is 5.16 Å². The average Bonchev–Trinajstić information content (AvgIpc) is 2.48. The van der Waals surface area contributed by atoms with Crippen molar-refractivity contribution in [3.8, 4) is 0 Å². The van der Waals surface area contributed by atoms with Crippen LogP contribution in [0.1, 0.15) is 31.7 Å². The van der Waals surface area contributed by atoms with E-state index >= 15 is 0 Å². The van der Waals surface area contributed by atoms with Crippen LogP contribution in [0.5, 0.6) is 0 Å². The van der Waals surface area contributed by atoms with Crippen molar-refractivity contribution < 1.29 is 9.94 Å². The largest absolute Gasteiger partial charge is 0.391 e. The molecule has 1 aliphatic rings. The highest BCUT2D eigenvalue weighted by Gasteiger charge is 2.26. The van der Waals surface area contributed by atoms with Gasteiger partial charge < -0.3 is 14.8 Å². The van der Waals surface area contributed by atoms with Crippen LogP contribution in [0.2, 0.25) is 5.15 Å². The summed E-state index contributed by atoms with van der Waals surface area (Å²) in [5.41, 5.74) is -0.349. The number of likely N-dealkylation sites (tertiary alicyclic amines) is 1. The third-order valence-corrected chi connectivity index (χ3v) is 4.01. The number of β-amino-alcohol motifs (C(OH)–C–C–N with tert-alkyl or cyclic N) is 1. The highest BCUT2D eigenvalue weighted by molar-refractivity contribution is 6.69. The second-order valence-corrected chi connectivity index (χ2v) is 6.60. The molecule has 2 rings (SSSR count). The fraction of sp³-hybridized carbons (Fsp3) is 0.600.